The van der Waals surface area contributed by atoms with Crippen LogP contribution in [0.15, 0.2) is 41.0 Å². The van der Waals surface area contributed by atoms with Crippen LogP contribution in [0.2, 0.25) is 0 Å². The van der Waals surface area contributed by atoms with Gasteiger partial charge in [0, 0.05) is 18.1 Å². The SMILES string of the molecule is CCn1c(SCC(=O)Nc2nccs2)nnc1C(C)Oc1cccc(C)c1. The predicted octanol–water partition coefficient (Wildman–Crippen LogP) is 3.93. The highest BCUT2D eigenvalue weighted by atomic mass is 32.2. The molecule has 9 heteroatoms. The van der Waals surface area contributed by atoms with Crippen molar-refractivity contribution in [2.24, 2.45) is 0 Å². The minimum absolute atomic E-state index is 0.119. The lowest BCUT2D eigenvalue weighted by molar-refractivity contribution is -0.113. The van der Waals surface area contributed by atoms with E-state index in [1.807, 2.05) is 55.0 Å². The topological polar surface area (TPSA) is 81.9 Å². The summed E-state index contributed by atoms with van der Waals surface area (Å²) in [7, 11) is 0. The van der Waals surface area contributed by atoms with Gasteiger partial charge in [-0.05, 0) is 38.5 Å². The number of amides is 1. The molecule has 0 saturated heterocycles. The summed E-state index contributed by atoms with van der Waals surface area (Å²) in [5.41, 5.74) is 1.14. The molecule has 0 aliphatic carbocycles. The number of hydrogen-bond acceptors (Lipinski definition) is 7. The molecule has 142 valence electrons. The maximum atomic E-state index is 12.0. The number of rotatable bonds is 8. The second-order valence-corrected chi connectivity index (χ2v) is 7.67. The van der Waals surface area contributed by atoms with Gasteiger partial charge in [0.2, 0.25) is 5.91 Å². The fourth-order valence-corrected chi connectivity index (χ4v) is 3.88. The van der Waals surface area contributed by atoms with Crippen LogP contribution in [0.25, 0.3) is 0 Å². The summed E-state index contributed by atoms with van der Waals surface area (Å²) in [6, 6.07) is 7.90. The van der Waals surface area contributed by atoms with Crippen molar-refractivity contribution in [2.75, 3.05) is 11.1 Å². The number of aryl methyl sites for hydroxylation is 1. The Hall–Kier alpha value is -2.39. The van der Waals surface area contributed by atoms with Gasteiger partial charge < -0.3 is 14.6 Å². The maximum absolute atomic E-state index is 12.0. The Labute approximate surface area is 166 Å². The van der Waals surface area contributed by atoms with Gasteiger partial charge in [0.15, 0.2) is 22.2 Å². The molecule has 0 aliphatic heterocycles. The number of anilines is 1. The first-order valence-corrected chi connectivity index (χ1v) is 10.4. The lowest BCUT2D eigenvalue weighted by Gasteiger charge is -2.15. The smallest absolute Gasteiger partial charge is 0.236 e. The van der Waals surface area contributed by atoms with Gasteiger partial charge in [0.05, 0.1) is 5.75 Å². The number of ether oxygens (including phenoxy) is 1. The molecular weight excluding hydrogens is 382 g/mol. The van der Waals surface area contributed by atoms with Gasteiger partial charge >= 0.3 is 0 Å². The molecule has 1 amide bonds. The highest BCUT2D eigenvalue weighted by Crippen LogP contribution is 2.25. The number of nitrogens with one attached hydrogen (secondary N) is 1. The maximum Gasteiger partial charge on any atom is 0.236 e. The number of hydrogen-bond donors (Lipinski definition) is 1. The van der Waals surface area contributed by atoms with Gasteiger partial charge in [-0.15, -0.1) is 21.5 Å². The van der Waals surface area contributed by atoms with E-state index in [0.29, 0.717) is 16.8 Å². The molecule has 0 fully saturated rings. The summed E-state index contributed by atoms with van der Waals surface area (Å²) in [5, 5.41) is 14.4. The second kappa shape index (κ2) is 9.01. The molecule has 0 bridgehead atoms. The second-order valence-electron chi connectivity index (χ2n) is 5.84. The molecule has 7 nitrogen and oxygen atoms in total. The van der Waals surface area contributed by atoms with E-state index in [4.69, 9.17) is 4.74 Å². The molecule has 0 spiro atoms. The van der Waals surface area contributed by atoms with Crippen LogP contribution in [0.4, 0.5) is 5.13 Å². The van der Waals surface area contributed by atoms with Gasteiger partial charge in [-0.2, -0.15) is 0 Å². The van der Waals surface area contributed by atoms with Gasteiger partial charge in [-0.25, -0.2) is 4.98 Å². The molecule has 1 N–H and O–H groups in total. The molecule has 3 aromatic rings. The summed E-state index contributed by atoms with van der Waals surface area (Å²) in [6.07, 6.45) is 1.40. The highest BCUT2D eigenvalue weighted by Gasteiger charge is 2.19. The monoisotopic (exact) mass is 403 g/mol. The standard InChI is InChI=1S/C18H21N5O2S2/c1-4-23-16(13(3)25-14-7-5-6-12(2)10-14)21-22-18(23)27-11-15(24)20-17-19-8-9-26-17/h5-10,13H,4,11H2,1-3H3,(H,19,20,24). The van der Waals surface area contributed by atoms with E-state index in [1.54, 1.807) is 6.20 Å². The number of carbonyl (C=O) groups excluding carboxylic acids is 1. The largest absolute Gasteiger partial charge is 0.483 e. The molecule has 1 unspecified atom stereocenters. The van der Waals surface area contributed by atoms with Crippen molar-refractivity contribution in [1.82, 2.24) is 19.7 Å². The number of nitrogens with zero attached hydrogens (tertiary/aromatic N) is 4. The Bertz CT molecular complexity index is 895. The molecule has 2 aromatic heterocycles. The van der Waals surface area contributed by atoms with Crippen LogP contribution in [0.5, 0.6) is 5.75 Å². The number of thiazole rings is 1. The van der Waals surface area contributed by atoms with Crippen molar-refractivity contribution >= 4 is 34.1 Å². The first-order valence-electron chi connectivity index (χ1n) is 8.55. The number of aromatic nitrogens is 4. The Kier molecular flexibility index (Phi) is 6.46. The molecule has 1 atom stereocenters. The Balaban J connectivity index is 1.64. The number of benzene rings is 1. The van der Waals surface area contributed by atoms with Crippen LogP contribution in [0.1, 0.15) is 31.3 Å². The minimum Gasteiger partial charge on any atom is -0.483 e. The Morgan fingerprint density at radius 3 is 2.96 bits per heavy atom. The molecule has 0 saturated carbocycles. The first kappa shape index (κ1) is 19.4. The lowest BCUT2D eigenvalue weighted by atomic mass is 10.2. The molecule has 1 aromatic carbocycles. The summed E-state index contributed by atoms with van der Waals surface area (Å²) in [4.78, 5) is 16.1. The van der Waals surface area contributed by atoms with Crippen LogP contribution in [0.3, 0.4) is 0 Å². The third kappa shape index (κ3) is 5.08. The summed E-state index contributed by atoms with van der Waals surface area (Å²) >= 11 is 2.74. The van der Waals surface area contributed by atoms with E-state index in [-0.39, 0.29) is 17.8 Å². The molecule has 27 heavy (non-hydrogen) atoms. The van der Waals surface area contributed by atoms with Crippen LogP contribution in [-0.2, 0) is 11.3 Å². The van der Waals surface area contributed by atoms with Gasteiger partial charge in [-0.1, -0.05) is 23.9 Å². The summed E-state index contributed by atoms with van der Waals surface area (Å²) in [6.45, 7) is 6.69. The fourth-order valence-electron chi connectivity index (χ4n) is 2.52. The third-order valence-corrected chi connectivity index (χ3v) is 5.39. The van der Waals surface area contributed by atoms with Crippen molar-refractivity contribution in [3.63, 3.8) is 0 Å². The fraction of sp³-hybridized carbons (Fsp3) is 0.333. The first-order chi connectivity index (χ1) is 13.1. The zero-order chi connectivity index (χ0) is 19.2. The van der Waals surface area contributed by atoms with Gasteiger partial charge in [0.1, 0.15) is 5.75 Å². The lowest BCUT2D eigenvalue weighted by Crippen LogP contribution is -2.15. The van der Waals surface area contributed by atoms with E-state index >= 15 is 0 Å². The van der Waals surface area contributed by atoms with E-state index in [2.05, 4.69) is 20.5 Å². The van der Waals surface area contributed by atoms with Crippen molar-refractivity contribution < 1.29 is 9.53 Å². The zero-order valence-corrected chi connectivity index (χ0v) is 17.0. The number of thioether (sulfide) groups is 1. The van der Waals surface area contributed by atoms with Gasteiger partial charge in [-0.3, -0.25) is 4.79 Å². The van der Waals surface area contributed by atoms with Crippen molar-refractivity contribution in [3.8, 4) is 5.75 Å². The Morgan fingerprint density at radius 2 is 2.26 bits per heavy atom. The molecule has 3 rings (SSSR count). The van der Waals surface area contributed by atoms with Crippen LogP contribution >= 0.6 is 23.1 Å². The molecule has 0 aliphatic rings. The van der Waals surface area contributed by atoms with Crippen molar-refractivity contribution in [1.29, 1.82) is 0 Å². The molecular formula is C18H21N5O2S2. The quantitative estimate of drug-likeness (QED) is 0.574. The molecule has 2 heterocycles. The van der Waals surface area contributed by atoms with Crippen LogP contribution < -0.4 is 10.1 Å². The third-order valence-electron chi connectivity index (χ3n) is 3.74. The molecule has 0 radical (unpaired) electrons. The average molecular weight is 404 g/mol. The van der Waals surface area contributed by atoms with Crippen molar-refractivity contribution in [3.05, 3.63) is 47.2 Å². The Morgan fingerprint density at radius 1 is 1.41 bits per heavy atom. The van der Waals surface area contributed by atoms with E-state index in [9.17, 15) is 4.79 Å². The zero-order valence-electron chi connectivity index (χ0n) is 15.4. The van der Waals surface area contributed by atoms with Crippen LogP contribution in [0, 0.1) is 6.92 Å². The van der Waals surface area contributed by atoms with Crippen molar-refractivity contribution in [2.45, 2.75) is 38.6 Å². The highest BCUT2D eigenvalue weighted by molar-refractivity contribution is 7.99. The van der Waals surface area contributed by atoms with E-state index in [0.717, 1.165) is 17.1 Å². The van der Waals surface area contributed by atoms with E-state index in [1.165, 1.54) is 23.1 Å². The average Bonchev–Trinajstić information content (AvgIpc) is 3.29. The van der Waals surface area contributed by atoms with Crippen LogP contribution in [-0.4, -0.2) is 31.4 Å². The summed E-state index contributed by atoms with van der Waals surface area (Å²) in [5.74, 6) is 1.66. The number of carbonyl (C=O) groups is 1. The summed E-state index contributed by atoms with van der Waals surface area (Å²) < 4.78 is 7.99. The normalized spacial score (nSPS) is 12.0. The minimum atomic E-state index is -0.252. The predicted molar refractivity (Wildman–Crippen MR) is 107 cm³/mol. The van der Waals surface area contributed by atoms with E-state index < -0.39 is 0 Å². The van der Waals surface area contributed by atoms with Gasteiger partial charge in [0.25, 0.3) is 0 Å².